The van der Waals surface area contributed by atoms with Gasteiger partial charge in [0.2, 0.25) is 0 Å². The fourth-order valence-electron chi connectivity index (χ4n) is 1.34. The number of benzene rings is 1. The van der Waals surface area contributed by atoms with Crippen LogP contribution in [0.4, 0.5) is 5.69 Å². The molecule has 0 spiro atoms. The lowest BCUT2D eigenvalue weighted by Crippen LogP contribution is -1.87. The van der Waals surface area contributed by atoms with E-state index in [0.29, 0.717) is 5.69 Å². The van der Waals surface area contributed by atoms with Gasteiger partial charge in [-0.25, -0.2) is 0 Å². The summed E-state index contributed by atoms with van der Waals surface area (Å²) in [5, 5.41) is 0. The molecule has 0 atom stereocenters. The van der Waals surface area contributed by atoms with Crippen molar-refractivity contribution in [2.75, 3.05) is 12.0 Å². The minimum atomic E-state index is 0.694. The first-order valence-electron chi connectivity index (χ1n) is 4.65. The molecule has 0 aliphatic rings. The number of nitrogen functional groups attached to an aromatic ring is 1. The molecule has 0 bridgehead atoms. The lowest BCUT2D eigenvalue weighted by atomic mass is 10.1. The van der Waals surface area contributed by atoms with Crippen LogP contribution in [0.25, 0.3) is 11.3 Å². The van der Waals surface area contributed by atoms with Crippen LogP contribution in [-0.2, 0) is 0 Å². The van der Waals surface area contributed by atoms with E-state index in [1.54, 1.807) is 18.0 Å². The van der Waals surface area contributed by atoms with E-state index in [1.807, 2.05) is 12.1 Å². The summed E-state index contributed by atoms with van der Waals surface area (Å²) >= 11 is 1.73. The molecule has 3 heteroatoms. The Hall–Kier alpha value is -1.48. The van der Waals surface area contributed by atoms with Gasteiger partial charge in [0, 0.05) is 10.5 Å². The standard InChI is InChI=1S/C12H12N2S/c1-15-11-5-2-9(3-6-11)12-7-4-10(13)8-14-12/h2-8H,13H2,1H3. The second kappa shape index (κ2) is 4.36. The van der Waals surface area contributed by atoms with Crippen LogP contribution >= 0.6 is 11.8 Å². The van der Waals surface area contributed by atoms with Crippen LogP contribution in [0.15, 0.2) is 47.5 Å². The van der Waals surface area contributed by atoms with Gasteiger partial charge in [0.05, 0.1) is 17.6 Å². The average molecular weight is 216 g/mol. The highest BCUT2D eigenvalue weighted by atomic mass is 32.2. The van der Waals surface area contributed by atoms with Crippen molar-refractivity contribution in [2.45, 2.75) is 4.90 Å². The zero-order valence-electron chi connectivity index (χ0n) is 8.47. The van der Waals surface area contributed by atoms with Crippen molar-refractivity contribution in [1.29, 1.82) is 0 Å². The molecule has 2 rings (SSSR count). The van der Waals surface area contributed by atoms with Crippen molar-refractivity contribution in [1.82, 2.24) is 4.98 Å². The van der Waals surface area contributed by atoms with Gasteiger partial charge in [-0.15, -0.1) is 11.8 Å². The van der Waals surface area contributed by atoms with E-state index in [4.69, 9.17) is 5.73 Å². The predicted octanol–water partition coefficient (Wildman–Crippen LogP) is 3.05. The van der Waals surface area contributed by atoms with Crippen LogP contribution in [0, 0.1) is 0 Å². The number of anilines is 1. The molecular weight excluding hydrogens is 204 g/mol. The predicted molar refractivity (Wildman–Crippen MR) is 65.9 cm³/mol. The number of aromatic nitrogens is 1. The number of hydrogen-bond acceptors (Lipinski definition) is 3. The van der Waals surface area contributed by atoms with Crippen molar-refractivity contribution in [3.05, 3.63) is 42.6 Å². The number of nitrogens with zero attached hydrogens (tertiary/aromatic N) is 1. The van der Waals surface area contributed by atoms with Gasteiger partial charge in [-0.2, -0.15) is 0 Å². The third-order valence-corrected chi connectivity index (χ3v) is 2.92. The van der Waals surface area contributed by atoms with Gasteiger partial charge in [0.15, 0.2) is 0 Å². The number of nitrogens with two attached hydrogens (primary N) is 1. The maximum absolute atomic E-state index is 5.58. The van der Waals surface area contributed by atoms with Crippen molar-refractivity contribution < 1.29 is 0 Å². The molecule has 0 aliphatic carbocycles. The molecule has 0 radical (unpaired) electrons. The maximum atomic E-state index is 5.58. The van der Waals surface area contributed by atoms with Gasteiger partial charge in [0.1, 0.15) is 0 Å². The van der Waals surface area contributed by atoms with E-state index in [2.05, 4.69) is 35.5 Å². The Balaban J connectivity index is 2.33. The molecule has 15 heavy (non-hydrogen) atoms. The van der Waals surface area contributed by atoms with Gasteiger partial charge >= 0.3 is 0 Å². The highest BCUT2D eigenvalue weighted by Gasteiger charge is 1.98. The molecule has 0 saturated carbocycles. The van der Waals surface area contributed by atoms with Crippen LogP contribution < -0.4 is 5.73 Å². The molecule has 2 nitrogen and oxygen atoms in total. The van der Waals surface area contributed by atoms with Crippen molar-refractivity contribution in [3.63, 3.8) is 0 Å². The lowest BCUT2D eigenvalue weighted by Gasteiger charge is -2.02. The Kier molecular flexibility index (Phi) is 2.92. The number of thioether (sulfide) groups is 1. The monoisotopic (exact) mass is 216 g/mol. The summed E-state index contributed by atoms with van der Waals surface area (Å²) < 4.78 is 0. The first-order chi connectivity index (χ1) is 7.29. The van der Waals surface area contributed by atoms with Crippen LogP contribution in [0.1, 0.15) is 0 Å². The molecular formula is C12H12N2S. The number of pyridine rings is 1. The molecule has 1 heterocycles. The summed E-state index contributed by atoms with van der Waals surface area (Å²) in [5.74, 6) is 0. The average Bonchev–Trinajstić information content (AvgIpc) is 2.30. The number of rotatable bonds is 2. The summed E-state index contributed by atoms with van der Waals surface area (Å²) in [7, 11) is 0. The molecule has 0 aliphatic heterocycles. The zero-order chi connectivity index (χ0) is 10.7. The first-order valence-corrected chi connectivity index (χ1v) is 5.88. The van der Waals surface area contributed by atoms with E-state index in [0.717, 1.165) is 11.3 Å². The highest BCUT2D eigenvalue weighted by Crippen LogP contribution is 2.21. The van der Waals surface area contributed by atoms with Crippen molar-refractivity contribution in [2.24, 2.45) is 0 Å². The Labute approximate surface area is 93.5 Å². The third-order valence-electron chi connectivity index (χ3n) is 2.17. The van der Waals surface area contributed by atoms with Crippen LogP contribution in [0.5, 0.6) is 0 Å². The Morgan fingerprint density at radius 1 is 1.07 bits per heavy atom. The van der Waals surface area contributed by atoms with Crippen LogP contribution in [0.3, 0.4) is 0 Å². The molecule has 1 aromatic heterocycles. The van der Waals surface area contributed by atoms with E-state index >= 15 is 0 Å². The van der Waals surface area contributed by atoms with E-state index in [-0.39, 0.29) is 0 Å². The molecule has 2 aromatic rings. The quantitative estimate of drug-likeness (QED) is 0.784. The minimum Gasteiger partial charge on any atom is -0.397 e. The van der Waals surface area contributed by atoms with E-state index < -0.39 is 0 Å². The van der Waals surface area contributed by atoms with Crippen LogP contribution in [0.2, 0.25) is 0 Å². The Bertz CT molecular complexity index is 434. The van der Waals surface area contributed by atoms with E-state index in [1.165, 1.54) is 4.90 Å². The fraction of sp³-hybridized carbons (Fsp3) is 0.0833. The highest BCUT2D eigenvalue weighted by molar-refractivity contribution is 7.98. The molecule has 0 saturated heterocycles. The van der Waals surface area contributed by atoms with Crippen LogP contribution in [-0.4, -0.2) is 11.2 Å². The lowest BCUT2D eigenvalue weighted by molar-refractivity contribution is 1.32. The topological polar surface area (TPSA) is 38.9 Å². The number of hydrogen-bond donors (Lipinski definition) is 1. The SMILES string of the molecule is CSc1ccc(-c2ccc(N)cn2)cc1. The van der Waals surface area contributed by atoms with E-state index in [9.17, 15) is 0 Å². The van der Waals surface area contributed by atoms with Gasteiger partial charge in [-0.1, -0.05) is 12.1 Å². The molecule has 0 amide bonds. The first kappa shape index (κ1) is 10.1. The molecule has 1 aromatic carbocycles. The second-order valence-electron chi connectivity index (χ2n) is 3.21. The van der Waals surface area contributed by atoms with Gasteiger partial charge in [-0.3, -0.25) is 4.98 Å². The van der Waals surface area contributed by atoms with Gasteiger partial charge < -0.3 is 5.73 Å². The maximum Gasteiger partial charge on any atom is 0.0703 e. The Morgan fingerprint density at radius 2 is 1.80 bits per heavy atom. The van der Waals surface area contributed by atoms with Gasteiger partial charge in [0.25, 0.3) is 0 Å². The summed E-state index contributed by atoms with van der Waals surface area (Å²) in [6.45, 7) is 0. The van der Waals surface area contributed by atoms with Gasteiger partial charge in [-0.05, 0) is 30.5 Å². The summed E-state index contributed by atoms with van der Waals surface area (Å²) in [4.78, 5) is 5.53. The molecule has 2 N–H and O–H groups in total. The largest absolute Gasteiger partial charge is 0.397 e. The minimum absolute atomic E-state index is 0.694. The third kappa shape index (κ3) is 2.30. The second-order valence-corrected chi connectivity index (χ2v) is 4.08. The molecule has 0 fully saturated rings. The molecule has 76 valence electrons. The summed E-state index contributed by atoms with van der Waals surface area (Å²) in [6.07, 6.45) is 3.74. The smallest absolute Gasteiger partial charge is 0.0703 e. The Morgan fingerprint density at radius 3 is 2.33 bits per heavy atom. The zero-order valence-corrected chi connectivity index (χ0v) is 9.29. The fourth-order valence-corrected chi connectivity index (χ4v) is 1.75. The molecule has 0 unspecified atom stereocenters. The normalized spacial score (nSPS) is 10.2. The van der Waals surface area contributed by atoms with Crippen molar-refractivity contribution in [3.8, 4) is 11.3 Å². The summed E-state index contributed by atoms with van der Waals surface area (Å²) in [5.41, 5.74) is 8.35. The van der Waals surface area contributed by atoms with Crippen molar-refractivity contribution >= 4 is 17.4 Å². The summed E-state index contributed by atoms with van der Waals surface area (Å²) in [6, 6.07) is 12.1.